The van der Waals surface area contributed by atoms with E-state index < -0.39 is 0 Å². The average Bonchev–Trinajstić information content (AvgIpc) is 3.00. The van der Waals surface area contributed by atoms with Crippen LogP contribution in [0.3, 0.4) is 0 Å². The number of hydrogen-bond donors (Lipinski definition) is 1. The van der Waals surface area contributed by atoms with Gasteiger partial charge in [-0.15, -0.1) is 0 Å². The minimum atomic E-state index is 0.0641. The molecule has 22 heavy (non-hydrogen) atoms. The first-order valence-electron chi connectivity index (χ1n) is 7.18. The van der Waals surface area contributed by atoms with Crippen molar-refractivity contribution < 1.29 is 4.79 Å². The van der Waals surface area contributed by atoms with Crippen LogP contribution in [0.25, 0.3) is 0 Å². The first-order chi connectivity index (χ1) is 10.6. The molecule has 0 aliphatic heterocycles. The van der Waals surface area contributed by atoms with Gasteiger partial charge in [0.2, 0.25) is 5.91 Å². The Hall–Kier alpha value is -1.59. The van der Waals surface area contributed by atoms with Crippen molar-refractivity contribution in [3.8, 4) is 0 Å². The number of amides is 1. The summed E-state index contributed by atoms with van der Waals surface area (Å²) in [6.45, 7) is 1.36. The van der Waals surface area contributed by atoms with E-state index in [9.17, 15) is 4.79 Å². The number of rotatable bonds is 8. The number of aryl methyl sites for hydroxylation is 2. The van der Waals surface area contributed by atoms with Crippen LogP contribution in [0, 0.1) is 0 Å². The van der Waals surface area contributed by atoms with Crippen LogP contribution in [0.15, 0.2) is 30.9 Å². The van der Waals surface area contributed by atoms with Crippen molar-refractivity contribution in [2.45, 2.75) is 32.2 Å². The lowest BCUT2D eigenvalue weighted by molar-refractivity contribution is -0.121. The van der Waals surface area contributed by atoms with Crippen LogP contribution >= 0.6 is 23.2 Å². The summed E-state index contributed by atoms with van der Waals surface area (Å²) in [6.07, 6.45) is 6.11. The number of nitrogens with zero attached hydrogens (tertiary/aromatic N) is 3. The summed E-state index contributed by atoms with van der Waals surface area (Å²) in [4.78, 5) is 15.5. The Kier molecular flexibility index (Phi) is 6.68. The summed E-state index contributed by atoms with van der Waals surface area (Å²) >= 11 is 11.8. The molecule has 2 rings (SSSR count). The summed E-state index contributed by atoms with van der Waals surface area (Å²) in [7, 11) is 0. The number of halogens is 2. The van der Waals surface area contributed by atoms with Crippen LogP contribution in [0.4, 0.5) is 0 Å². The molecular formula is C15H18Cl2N4O. The van der Waals surface area contributed by atoms with Crippen molar-refractivity contribution in [1.82, 2.24) is 20.1 Å². The molecule has 0 fully saturated rings. The van der Waals surface area contributed by atoms with Gasteiger partial charge in [0.25, 0.3) is 0 Å². The first-order valence-corrected chi connectivity index (χ1v) is 7.94. The van der Waals surface area contributed by atoms with Gasteiger partial charge in [-0.25, -0.2) is 4.98 Å². The Labute approximate surface area is 139 Å². The van der Waals surface area contributed by atoms with E-state index in [0.717, 1.165) is 24.8 Å². The summed E-state index contributed by atoms with van der Waals surface area (Å²) in [5.74, 6) is 0.0641. The zero-order valence-corrected chi connectivity index (χ0v) is 13.6. The lowest BCUT2D eigenvalue weighted by Gasteiger charge is -2.06. The van der Waals surface area contributed by atoms with Gasteiger partial charge in [0.1, 0.15) is 12.7 Å². The second-order valence-electron chi connectivity index (χ2n) is 4.96. The Morgan fingerprint density at radius 1 is 1.23 bits per heavy atom. The molecule has 5 nitrogen and oxygen atoms in total. The van der Waals surface area contributed by atoms with E-state index >= 15 is 0 Å². The highest BCUT2D eigenvalue weighted by Crippen LogP contribution is 2.22. The number of hydrogen-bond acceptors (Lipinski definition) is 3. The van der Waals surface area contributed by atoms with Crippen molar-refractivity contribution in [3.05, 3.63) is 46.5 Å². The molecule has 0 atom stereocenters. The van der Waals surface area contributed by atoms with Crippen LogP contribution < -0.4 is 5.32 Å². The summed E-state index contributed by atoms with van der Waals surface area (Å²) in [5, 5.41) is 8.03. The average molecular weight is 341 g/mol. The van der Waals surface area contributed by atoms with E-state index in [4.69, 9.17) is 23.2 Å². The first kappa shape index (κ1) is 16.8. The highest BCUT2D eigenvalue weighted by molar-refractivity contribution is 6.42. The lowest BCUT2D eigenvalue weighted by atomic mass is 10.1. The standard InChI is InChI=1S/C15H18Cl2N4O/c16-13-6-5-12(9-14(13)17)3-1-7-19-15(22)4-2-8-21-11-18-10-20-21/h5-6,9-11H,1-4,7-8H2,(H,19,22). The third kappa shape index (κ3) is 5.66. The van der Waals surface area contributed by atoms with Crippen LogP contribution in [-0.2, 0) is 17.8 Å². The van der Waals surface area contributed by atoms with Gasteiger partial charge in [0.05, 0.1) is 10.0 Å². The van der Waals surface area contributed by atoms with Gasteiger partial charge in [-0.1, -0.05) is 29.3 Å². The molecule has 1 aromatic heterocycles. The smallest absolute Gasteiger partial charge is 0.220 e. The Morgan fingerprint density at radius 2 is 2.09 bits per heavy atom. The minimum absolute atomic E-state index is 0.0641. The third-order valence-electron chi connectivity index (χ3n) is 3.21. The zero-order chi connectivity index (χ0) is 15.8. The third-order valence-corrected chi connectivity index (χ3v) is 3.95. The molecular weight excluding hydrogens is 323 g/mol. The Balaban J connectivity index is 1.57. The molecule has 0 radical (unpaired) electrons. The molecule has 2 aromatic rings. The molecule has 1 aromatic carbocycles. The zero-order valence-electron chi connectivity index (χ0n) is 12.1. The van der Waals surface area contributed by atoms with E-state index in [1.807, 2.05) is 12.1 Å². The van der Waals surface area contributed by atoms with E-state index in [2.05, 4.69) is 15.4 Å². The van der Waals surface area contributed by atoms with Gasteiger partial charge in [0, 0.05) is 19.5 Å². The van der Waals surface area contributed by atoms with Crippen LogP contribution in [0.2, 0.25) is 10.0 Å². The molecule has 0 aliphatic rings. The van der Waals surface area contributed by atoms with E-state index in [1.165, 1.54) is 6.33 Å². The number of carbonyl (C=O) groups excluding carboxylic acids is 1. The Bertz CT molecular complexity index is 602. The molecule has 1 heterocycles. The van der Waals surface area contributed by atoms with Gasteiger partial charge in [-0.2, -0.15) is 5.10 Å². The van der Waals surface area contributed by atoms with Crippen molar-refractivity contribution in [1.29, 1.82) is 0 Å². The van der Waals surface area contributed by atoms with Gasteiger partial charge >= 0.3 is 0 Å². The second-order valence-corrected chi connectivity index (χ2v) is 5.78. The molecule has 1 amide bonds. The fourth-order valence-corrected chi connectivity index (χ4v) is 2.37. The van der Waals surface area contributed by atoms with Gasteiger partial charge in [0.15, 0.2) is 0 Å². The minimum Gasteiger partial charge on any atom is -0.356 e. The van der Waals surface area contributed by atoms with E-state index in [0.29, 0.717) is 29.6 Å². The van der Waals surface area contributed by atoms with Crippen molar-refractivity contribution in [2.75, 3.05) is 6.54 Å². The van der Waals surface area contributed by atoms with Crippen LogP contribution in [-0.4, -0.2) is 27.2 Å². The largest absolute Gasteiger partial charge is 0.356 e. The number of carbonyl (C=O) groups is 1. The predicted molar refractivity (Wildman–Crippen MR) is 87.0 cm³/mol. The maximum atomic E-state index is 11.7. The molecule has 118 valence electrons. The molecule has 0 bridgehead atoms. The predicted octanol–water partition coefficient (Wildman–Crippen LogP) is 3.11. The fraction of sp³-hybridized carbons (Fsp3) is 0.400. The number of aromatic nitrogens is 3. The van der Waals surface area contributed by atoms with Gasteiger partial charge in [-0.3, -0.25) is 9.48 Å². The van der Waals surface area contributed by atoms with Crippen molar-refractivity contribution in [3.63, 3.8) is 0 Å². The topological polar surface area (TPSA) is 59.8 Å². The lowest BCUT2D eigenvalue weighted by Crippen LogP contribution is -2.24. The summed E-state index contributed by atoms with van der Waals surface area (Å²) < 4.78 is 1.72. The monoisotopic (exact) mass is 340 g/mol. The molecule has 0 spiro atoms. The fourth-order valence-electron chi connectivity index (χ4n) is 2.05. The highest BCUT2D eigenvalue weighted by atomic mass is 35.5. The Morgan fingerprint density at radius 3 is 2.82 bits per heavy atom. The molecule has 0 saturated carbocycles. The molecule has 1 N–H and O–H groups in total. The molecule has 0 unspecified atom stereocenters. The maximum Gasteiger partial charge on any atom is 0.220 e. The quantitative estimate of drug-likeness (QED) is 0.751. The summed E-state index contributed by atoms with van der Waals surface area (Å²) in [6, 6.07) is 5.61. The van der Waals surface area contributed by atoms with Gasteiger partial charge < -0.3 is 5.32 Å². The molecule has 7 heteroatoms. The summed E-state index contributed by atoms with van der Waals surface area (Å²) in [5.41, 5.74) is 1.12. The van der Waals surface area contributed by atoms with Crippen molar-refractivity contribution >= 4 is 29.1 Å². The van der Waals surface area contributed by atoms with Crippen molar-refractivity contribution in [2.24, 2.45) is 0 Å². The second kappa shape index (κ2) is 8.76. The van der Waals surface area contributed by atoms with Crippen LogP contribution in [0.5, 0.6) is 0 Å². The number of benzene rings is 1. The maximum absolute atomic E-state index is 11.7. The highest BCUT2D eigenvalue weighted by Gasteiger charge is 2.03. The molecule has 0 aliphatic carbocycles. The van der Waals surface area contributed by atoms with E-state index in [-0.39, 0.29) is 5.91 Å². The normalized spacial score (nSPS) is 10.6. The number of nitrogens with one attached hydrogen (secondary N) is 1. The molecule has 0 saturated heterocycles. The SMILES string of the molecule is O=C(CCCn1cncn1)NCCCc1ccc(Cl)c(Cl)c1. The van der Waals surface area contributed by atoms with E-state index in [1.54, 1.807) is 17.1 Å². The van der Waals surface area contributed by atoms with Crippen LogP contribution in [0.1, 0.15) is 24.8 Å². The van der Waals surface area contributed by atoms with Gasteiger partial charge in [-0.05, 0) is 37.0 Å².